The van der Waals surface area contributed by atoms with Crippen LogP contribution in [0.15, 0.2) is 24.3 Å². The molecule has 1 aromatic heterocycles. The Morgan fingerprint density at radius 3 is 3.13 bits per heavy atom. The van der Waals surface area contributed by atoms with Crippen LogP contribution in [0.4, 0.5) is 0 Å². The van der Waals surface area contributed by atoms with Crippen molar-refractivity contribution < 1.29 is 9.84 Å². The molecule has 0 amide bonds. The Bertz CT molecular complexity index is 516. The number of aliphatic hydroxyl groups excluding tert-OH is 1. The van der Waals surface area contributed by atoms with Gasteiger partial charge in [-0.2, -0.15) is 0 Å². The molecule has 1 aliphatic heterocycles. The fourth-order valence-corrected chi connectivity index (χ4v) is 2.39. The molecule has 1 aromatic carbocycles. The lowest BCUT2D eigenvalue weighted by atomic mass is 10.2. The molecular formula is C12H13NO2. The zero-order valence-corrected chi connectivity index (χ0v) is 8.60. The van der Waals surface area contributed by atoms with Crippen LogP contribution in [0.2, 0.25) is 0 Å². The molecule has 0 fully saturated rings. The molecular weight excluding hydrogens is 190 g/mol. The lowest BCUT2D eigenvalue weighted by Crippen LogP contribution is -1.94. The van der Waals surface area contributed by atoms with Crippen LogP contribution in [0.5, 0.6) is 5.75 Å². The summed E-state index contributed by atoms with van der Waals surface area (Å²) >= 11 is 0. The van der Waals surface area contributed by atoms with E-state index in [0.29, 0.717) is 0 Å². The Balaban J connectivity index is 2.36. The molecule has 0 aliphatic carbocycles. The second-order valence-electron chi connectivity index (χ2n) is 3.92. The zero-order valence-electron chi connectivity index (χ0n) is 8.60. The molecule has 2 aromatic rings. The Kier molecular flexibility index (Phi) is 1.76. The molecule has 1 atom stereocenters. The molecule has 0 saturated carbocycles. The van der Waals surface area contributed by atoms with Crippen molar-refractivity contribution in [2.24, 2.45) is 0 Å². The minimum absolute atomic E-state index is 0.317. The van der Waals surface area contributed by atoms with Gasteiger partial charge in [0.05, 0.1) is 18.7 Å². The SMILES string of the molecule is COc1cccc2cc3n(c12)CCC3O. The molecule has 0 spiro atoms. The van der Waals surface area contributed by atoms with E-state index in [2.05, 4.69) is 16.7 Å². The van der Waals surface area contributed by atoms with Crippen molar-refractivity contribution in [2.45, 2.75) is 19.1 Å². The van der Waals surface area contributed by atoms with Gasteiger partial charge in [-0.15, -0.1) is 0 Å². The summed E-state index contributed by atoms with van der Waals surface area (Å²) in [5.74, 6) is 0.882. The third-order valence-corrected chi connectivity index (χ3v) is 3.10. The van der Waals surface area contributed by atoms with Gasteiger partial charge < -0.3 is 14.4 Å². The summed E-state index contributed by atoms with van der Waals surface area (Å²) in [5.41, 5.74) is 2.11. The van der Waals surface area contributed by atoms with E-state index in [1.165, 1.54) is 0 Å². The normalized spacial score (nSPS) is 19.5. The van der Waals surface area contributed by atoms with E-state index in [1.54, 1.807) is 7.11 Å². The van der Waals surface area contributed by atoms with Crippen LogP contribution in [-0.4, -0.2) is 16.8 Å². The molecule has 0 radical (unpaired) electrons. The van der Waals surface area contributed by atoms with Crippen LogP contribution in [0, 0.1) is 0 Å². The Labute approximate surface area is 87.9 Å². The van der Waals surface area contributed by atoms with E-state index >= 15 is 0 Å². The van der Waals surface area contributed by atoms with Gasteiger partial charge in [0.15, 0.2) is 0 Å². The fourth-order valence-electron chi connectivity index (χ4n) is 2.39. The van der Waals surface area contributed by atoms with Gasteiger partial charge in [0.2, 0.25) is 0 Å². The third kappa shape index (κ3) is 1.10. The van der Waals surface area contributed by atoms with Gasteiger partial charge in [0, 0.05) is 17.6 Å². The first kappa shape index (κ1) is 8.80. The summed E-state index contributed by atoms with van der Waals surface area (Å²) in [6.45, 7) is 0.875. The molecule has 0 saturated heterocycles. The van der Waals surface area contributed by atoms with Crippen molar-refractivity contribution >= 4 is 10.9 Å². The molecule has 1 aliphatic rings. The monoisotopic (exact) mass is 203 g/mol. The highest BCUT2D eigenvalue weighted by atomic mass is 16.5. The number of nitrogens with zero attached hydrogens (tertiary/aromatic N) is 1. The molecule has 78 valence electrons. The smallest absolute Gasteiger partial charge is 0.143 e. The first-order valence-corrected chi connectivity index (χ1v) is 5.15. The van der Waals surface area contributed by atoms with E-state index in [4.69, 9.17) is 4.74 Å². The van der Waals surface area contributed by atoms with E-state index in [1.807, 2.05) is 12.1 Å². The van der Waals surface area contributed by atoms with Crippen molar-refractivity contribution in [3.63, 3.8) is 0 Å². The number of rotatable bonds is 1. The second kappa shape index (κ2) is 3.00. The molecule has 3 rings (SSSR count). The lowest BCUT2D eigenvalue weighted by Gasteiger charge is -2.05. The average Bonchev–Trinajstić information content (AvgIpc) is 2.78. The van der Waals surface area contributed by atoms with E-state index < -0.39 is 0 Å². The van der Waals surface area contributed by atoms with Gasteiger partial charge in [-0.3, -0.25) is 0 Å². The summed E-state index contributed by atoms with van der Waals surface area (Å²) in [7, 11) is 1.68. The maximum atomic E-state index is 9.78. The Morgan fingerprint density at radius 1 is 1.47 bits per heavy atom. The number of aromatic nitrogens is 1. The van der Waals surface area contributed by atoms with E-state index in [-0.39, 0.29) is 6.10 Å². The quantitative estimate of drug-likeness (QED) is 0.770. The van der Waals surface area contributed by atoms with Gasteiger partial charge in [-0.25, -0.2) is 0 Å². The van der Waals surface area contributed by atoms with E-state index in [9.17, 15) is 5.11 Å². The predicted molar refractivity (Wildman–Crippen MR) is 58.1 cm³/mol. The fraction of sp³-hybridized carbons (Fsp3) is 0.333. The van der Waals surface area contributed by atoms with E-state index in [0.717, 1.165) is 35.3 Å². The van der Waals surface area contributed by atoms with Gasteiger partial charge in [-0.05, 0) is 18.6 Å². The number of hydrogen-bond acceptors (Lipinski definition) is 2. The summed E-state index contributed by atoms with van der Waals surface area (Å²) in [5, 5.41) is 10.9. The predicted octanol–water partition coefficient (Wildman–Crippen LogP) is 2.09. The van der Waals surface area contributed by atoms with Crippen LogP contribution in [0.1, 0.15) is 18.2 Å². The third-order valence-electron chi connectivity index (χ3n) is 3.10. The lowest BCUT2D eigenvalue weighted by molar-refractivity contribution is 0.180. The molecule has 15 heavy (non-hydrogen) atoms. The van der Waals surface area contributed by atoms with Gasteiger partial charge >= 0.3 is 0 Å². The molecule has 3 nitrogen and oxygen atoms in total. The number of ether oxygens (including phenoxy) is 1. The van der Waals surface area contributed by atoms with Crippen LogP contribution >= 0.6 is 0 Å². The van der Waals surface area contributed by atoms with Crippen molar-refractivity contribution in [2.75, 3.05) is 7.11 Å². The maximum Gasteiger partial charge on any atom is 0.143 e. The average molecular weight is 203 g/mol. The molecule has 1 N–H and O–H groups in total. The number of hydrogen-bond donors (Lipinski definition) is 1. The Morgan fingerprint density at radius 2 is 2.33 bits per heavy atom. The number of fused-ring (bicyclic) bond motifs is 3. The van der Waals surface area contributed by atoms with Crippen molar-refractivity contribution in [3.05, 3.63) is 30.0 Å². The van der Waals surface area contributed by atoms with Crippen molar-refractivity contribution in [1.29, 1.82) is 0 Å². The van der Waals surface area contributed by atoms with Crippen LogP contribution in [0.3, 0.4) is 0 Å². The molecule has 3 heteroatoms. The molecule has 1 unspecified atom stereocenters. The van der Waals surface area contributed by atoms with Gasteiger partial charge in [0.25, 0.3) is 0 Å². The largest absolute Gasteiger partial charge is 0.495 e. The summed E-state index contributed by atoms with van der Waals surface area (Å²) < 4.78 is 7.50. The standard InChI is InChI=1S/C12H13NO2/c1-15-11-4-2-3-8-7-9-10(14)5-6-13(9)12(8)11/h2-4,7,10,14H,5-6H2,1H3. The van der Waals surface area contributed by atoms with Crippen LogP contribution in [0.25, 0.3) is 10.9 Å². The first-order valence-electron chi connectivity index (χ1n) is 5.15. The number of methoxy groups -OCH3 is 1. The number of aryl methyl sites for hydroxylation is 1. The molecule has 0 bridgehead atoms. The van der Waals surface area contributed by atoms with Crippen molar-refractivity contribution in [3.8, 4) is 5.75 Å². The highest BCUT2D eigenvalue weighted by Gasteiger charge is 2.23. The number of para-hydroxylation sites is 1. The van der Waals surface area contributed by atoms with Gasteiger partial charge in [0.1, 0.15) is 5.75 Å². The first-order chi connectivity index (χ1) is 7.31. The summed E-state index contributed by atoms with van der Waals surface area (Å²) in [6.07, 6.45) is 0.491. The van der Waals surface area contributed by atoms with Crippen LogP contribution in [-0.2, 0) is 6.54 Å². The molecule has 2 heterocycles. The zero-order chi connectivity index (χ0) is 10.4. The Hall–Kier alpha value is -1.48. The maximum absolute atomic E-state index is 9.78. The highest BCUT2D eigenvalue weighted by Crippen LogP contribution is 2.36. The topological polar surface area (TPSA) is 34.4 Å². The van der Waals surface area contributed by atoms with Gasteiger partial charge in [-0.1, -0.05) is 12.1 Å². The van der Waals surface area contributed by atoms with Crippen molar-refractivity contribution in [1.82, 2.24) is 4.57 Å². The second-order valence-corrected chi connectivity index (χ2v) is 3.92. The highest BCUT2D eigenvalue weighted by molar-refractivity contribution is 5.87. The number of benzene rings is 1. The summed E-state index contributed by atoms with van der Waals surface area (Å²) in [4.78, 5) is 0. The minimum atomic E-state index is -0.317. The number of aliphatic hydroxyl groups is 1. The summed E-state index contributed by atoms with van der Waals surface area (Å²) in [6, 6.07) is 8.04. The van der Waals surface area contributed by atoms with Crippen LogP contribution < -0.4 is 4.74 Å². The minimum Gasteiger partial charge on any atom is -0.495 e.